The van der Waals surface area contributed by atoms with Gasteiger partial charge in [0.25, 0.3) is 0 Å². The summed E-state index contributed by atoms with van der Waals surface area (Å²) in [6, 6.07) is 10.5. The summed E-state index contributed by atoms with van der Waals surface area (Å²) in [6.45, 7) is 4.50. The summed E-state index contributed by atoms with van der Waals surface area (Å²) in [4.78, 5) is 22.0. The number of imidazole rings is 1. The number of carbonyl (C=O) groups excluding carboxylic acids is 1. The van der Waals surface area contributed by atoms with Gasteiger partial charge in [-0.1, -0.05) is 18.2 Å². The molecule has 0 fully saturated rings. The highest BCUT2D eigenvalue weighted by Gasteiger charge is 2.38. The Labute approximate surface area is 243 Å². The number of aromatic nitrogens is 3. The van der Waals surface area contributed by atoms with Crippen LogP contribution >= 0.6 is 0 Å². The Morgan fingerprint density at radius 3 is 2.74 bits per heavy atom. The lowest BCUT2D eigenvalue weighted by Gasteiger charge is -2.36. The molecule has 7 nitrogen and oxygen atoms in total. The first-order chi connectivity index (χ1) is 20.7. The van der Waals surface area contributed by atoms with Gasteiger partial charge in [-0.05, 0) is 56.5 Å². The van der Waals surface area contributed by atoms with Crippen LogP contribution in [0.25, 0.3) is 22.3 Å². The Kier molecular flexibility index (Phi) is 7.33. The highest BCUT2D eigenvalue weighted by molar-refractivity contribution is 5.82. The van der Waals surface area contributed by atoms with Crippen molar-refractivity contribution in [3.8, 4) is 28.6 Å². The average molecular weight is 594 g/mol. The largest absolute Gasteiger partial charge is 0.493 e. The summed E-state index contributed by atoms with van der Waals surface area (Å²) in [5.41, 5.74) is 1.55. The molecule has 1 unspecified atom stereocenters. The standard InChI is InChI=1S/C32H27F4N3O4/c1-3-41-24(40)10-7-17-5-4-6-21-29(17)42-14-12-32(21,2)23-16-38-31(39-23)20-15-18(8-9-22(20)33)43-30-25(34)19-11-13-37-28(19)26(35)27(30)36/h4-6,8-9,11,13,15-16,37H,3,7,10,12,14H2,1-2H3,(H,38,39). The molecule has 5 aromatic rings. The number of benzene rings is 3. The molecule has 222 valence electrons. The second-order valence-corrected chi connectivity index (χ2v) is 10.5. The minimum absolute atomic E-state index is 0.00756. The molecule has 3 aromatic carbocycles. The summed E-state index contributed by atoms with van der Waals surface area (Å²) in [5.74, 6) is -5.02. The molecular weight excluding hydrogens is 566 g/mol. The Bertz CT molecular complexity index is 1850. The van der Waals surface area contributed by atoms with Gasteiger partial charge in [-0.25, -0.2) is 18.2 Å². The van der Waals surface area contributed by atoms with E-state index in [0.717, 1.165) is 17.2 Å². The third-order valence-electron chi connectivity index (χ3n) is 7.82. The van der Waals surface area contributed by atoms with E-state index in [-0.39, 0.29) is 40.4 Å². The van der Waals surface area contributed by atoms with E-state index in [4.69, 9.17) is 14.2 Å². The summed E-state index contributed by atoms with van der Waals surface area (Å²) >= 11 is 0. The van der Waals surface area contributed by atoms with Crippen molar-refractivity contribution < 1.29 is 36.6 Å². The van der Waals surface area contributed by atoms with E-state index < -0.39 is 34.4 Å². The Morgan fingerprint density at radius 2 is 1.93 bits per heavy atom. The van der Waals surface area contributed by atoms with Gasteiger partial charge >= 0.3 is 5.97 Å². The molecule has 1 aliphatic heterocycles. The van der Waals surface area contributed by atoms with Crippen LogP contribution < -0.4 is 9.47 Å². The van der Waals surface area contributed by atoms with Gasteiger partial charge in [-0.15, -0.1) is 0 Å². The number of carbonyl (C=O) groups is 1. The molecule has 1 atom stereocenters. The van der Waals surface area contributed by atoms with Crippen LogP contribution in [0.1, 0.15) is 43.5 Å². The summed E-state index contributed by atoms with van der Waals surface area (Å²) in [6.07, 6.45) is 4.16. The first kappa shape index (κ1) is 28.3. The predicted molar refractivity (Wildman–Crippen MR) is 150 cm³/mol. The van der Waals surface area contributed by atoms with Gasteiger partial charge < -0.3 is 24.2 Å². The van der Waals surface area contributed by atoms with Gasteiger partial charge in [-0.2, -0.15) is 4.39 Å². The normalized spacial score (nSPS) is 16.1. The highest BCUT2D eigenvalue weighted by atomic mass is 19.2. The number of halogens is 4. The number of hydrogen-bond donors (Lipinski definition) is 2. The van der Waals surface area contributed by atoms with Gasteiger partial charge in [0, 0.05) is 40.9 Å². The summed E-state index contributed by atoms with van der Waals surface area (Å²) in [5, 5.41) is -0.180. The lowest BCUT2D eigenvalue weighted by molar-refractivity contribution is -0.143. The van der Waals surface area contributed by atoms with Crippen molar-refractivity contribution in [2.45, 2.75) is 38.5 Å². The van der Waals surface area contributed by atoms with Crippen molar-refractivity contribution in [2.75, 3.05) is 13.2 Å². The van der Waals surface area contributed by atoms with E-state index in [1.165, 1.54) is 24.4 Å². The topological polar surface area (TPSA) is 89.2 Å². The lowest BCUT2D eigenvalue weighted by Crippen LogP contribution is -2.32. The zero-order valence-electron chi connectivity index (χ0n) is 23.3. The van der Waals surface area contributed by atoms with E-state index in [1.54, 1.807) is 13.1 Å². The van der Waals surface area contributed by atoms with Crippen molar-refractivity contribution in [3.63, 3.8) is 0 Å². The van der Waals surface area contributed by atoms with E-state index in [1.807, 2.05) is 25.1 Å². The Balaban J connectivity index is 1.31. The monoisotopic (exact) mass is 593 g/mol. The molecule has 0 radical (unpaired) electrons. The number of esters is 1. The van der Waals surface area contributed by atoms with Crippen LogP contribution in [-0.4, -0.2) is 34.1 Å². The number of aromatic amines is 2. The van der Waals surface area contributed by atoms with Crippen LogP contribution in [0.15, 0.2) is 54.9 Å². The first-order valence-electron chi connectivity index (χ1n) is 13.8. The van der Waals surface area contributed by atoms with Crippen LogP contribution in [0, 0.1) is 23.3 Å². The number of nitrogens with zero attached hydrogens (tertiary/aromatic N) is 1. The molecule has 0 bridgehead atoms. The number of para-hydroxylation sites is 1. The number of rotatable bonds is 8. The minimum atomic E-state index is -1.51. The van der Waals surface area contributed by atoms with Crippen molar-refractivity contribution in [1.29, 1.82) is 0 Å². The van der Waals surface area contributed by atoms with Gasteiger partial charge in [0.05, 0.1) is 24.3 Å². The molecule has 0 spiro atoms. The maximum Gasteiger partial charge on any atom is 0.306 e. The van der Waals surface area contributed by atoms with Crippen LogP contribution in [0.2, 0.25) is 0 Å². The molecule has 43 heavy (non-hydrogen) atoms. The van der Waals surface area contributed by atoms with Crippen molar-refractivity contribution in [1.82, 2.24) is 15.0 Å². The molecule has 6 rings (SSSR count). The zero-order chi connectivity index (χ0) is 30.3. The molecular formula is C32H27F4N3O4. The van der Waals surface area contributed by atoms with Crippen LogP contribution in [0.4, 0.5) is 17.6 Å². The fourth-order valence-corrected chi connectivity index (χ4v) is 5.49. The third-order valence-corrected chi connectivity index (χ3v) is 7.82. The number of aryl methyl sites for hydroxylation is 1. The Morgan fingerprint density at radius 1 is 1.09 bits per heavy atom. The van der Waals surface area contributed by atoms with Gasteiger partial charge in [0.2, 0.25) is 11.6 Å². The summed E-state index contributed by atoms with van der Waals surface area (Å²) in [7, 11) is 0. The highest BCUT2D eigenvalue weighted by Crippen LogP contribution is 2.45. The van der Waals surface area contributed by atoms with Gasteiger partial charge in [0.1, 0.15) is 23.1 Å². The molecule has 2 N–H and O–H groups in total. The maximum absolute atomic E-state index is 15.0. The second-order valence-electron chi connectivity index (χ2n) is 10.5. The number of nitrogens with one attached hydrogen (secondary N) is 2. The van der Waals surface area contributed by atoms with Crippen molar-refractivity contribution in [3.05, 3.63) is 94.9 Å². The summed E-state index contributed by atoms with van der Waals surface area (Å²) < 4.78 is 75.7. The van der Waals surface area contributed by atoms with Gasteiger partial charge in [-0.3, -0.25) is 4.79 Å². The number of H-pyrrole nitrogens is 2. The molecule has 0 saturated heterocycles. The number of fused-ring (bicyclic) bond motifs is 2. The molecule has 0 amide bonds. The Hall–Kier alpha value is -4.80. The fraction of sp³-hybridized carbons (Fsp3) is 0.250. The van der Waals surface area contributed by atoms with Gasteiger partial charge in [0.15, 0.2) is 11.6 Å². The minimum Gasteiger partial charge on any atom is -0.493 e. The van der Waals surface area contributed by atoms with Crippen molar-refractivity contribution in [2.24, 2.45) is 0 Å². The van der Waals surface area contributed by atoms with Crippen molar-refractivity contribution >= 4 is 16.9 Å². The van der Waals surface area contributed by atoms with E-state index >= 15 is 4.39 Å². The third kappa shape index (κ3) is 4.98. The van der Waals surface area contributed by atoms with E-state index in [0.29, 0.717) is 37.5 Å². The second kappa shape index (κ2) is 11.1. The molecule has 1 aliphatic rings. The van der Waals surface area contributed by atoms with Crippen LogP contribution in [0.5, 0.6) is 17.2 Å². The number of hydrogen-bond acceptors (Lipinski definition) is 5. The van der Waals surface area contributed by atoms with Crippen LogP contribution in [-0.2, 0) is 21.4 Å². The predicted octanol–water partition coefficient (Wildman–Crippen LogP) is 7.49. The van der Waals surface area contributed by atoms with Crippen LogP contribution in [0.3, 0.4) is 0 Å². The molecule has 0 saturated carbocycles. The number of ether oxygens (including phenoxy) is 3. The smallest absolute Gasteiger partial charge is 0.306 e. The molecule has 2 aromatic heterocycles. The first-order valence-corrected chi connectivity index (χ1v) is 13.8. The molecule has 0 aliphatic carbocycles. The fourth-order valence-electron chi connectivity index (χ4n) is 5.49. The lowest BCUT2D eigenvalue weighted by atomic mass is 9.74. The van der Waals surface area contributed by atoms with E-state index in [2.05, 4.69) is 15.0 Å². The SMILES string of the molecule is CCOC(=O)CCc1cccc2c1OCCC2(C)c1cnc(-c2cc(Oc3c(F)c(F)c4[nH]ccc4c3F)ccc2F)[nH]1. The maximum atomic E-state index is 15.0. The van der Waals surface area contributed by atoms with E-state index in [9.17, 15) is 18.0 Å². The molecule has 3 heterocycles. The quantitative estimate of drug-likeness (QED) is 0.111. The zero-order valence-corrected chi connectivity index (χ0v) is 23.3. The average Bonchev–Trinajstić information content (AvgIpc) is 3.70. The molecule has 11 heteroatoms.